The van der Waals surface area contributed by atoms with Crippen molar-refractivity contribution in [1.29, 1.82) is 0 Å². The fraction of sp³-hybridized carbons (Fsp3) is 0.611. The summed E-state index contributed by atoms with van der Waals surface area (Å²) in [7, 11) is 0. The highest BCUT2D eigenvalue weighted by Crippen LogP contribution is 2.48. The van der Waals surface area contributed by atoms with Crippen molar-refractivity contribution in [2.45, 2.75) is 44.9 Å². The maximum Gasteiger partial charge on any atom is 0.303 e. The van der Waals surface area contributed by atoms with Gasteiger partial charge in [0.25, 0.3) is 0 Å². The summed E-state index contributed by atoms with van der Waals surface area (Å²) >= 11 is 6.29. The molecule has 1 spiro atoms. The number of nitroso groups, excluding NO2 is 1. The molecule has 1 aliphatic heterocycles. The summed E-state index contributed by atoms with van der Waals surface area (Å²) in [5.74, 6) is -0.333. The second kappa shape index (κ2) is 7.09. The Kier molecular flexibility index (Phi) is 5.09. The first kappa shape index (κ1) is 17.2. The van der Waals surface area contributed by atoms with Crippen molar-refractivity contribution in [1.82, 2.24) is 0 Å². The number of aliphatic carboxylic acids is 1. The molecule has 3 rings (SSSR count). The largest absolute Gasteiger partial charge is 0.481 e. The lowest BCUT2D eigenvalue weighted by Crippen LogP contribution is -2.42. The minimum Gasteiger partial charge on any atom is -0.481 e. The molecule has 0 radical (unpaired) electrons. The highest BCUT2D eigenvalue weighted by molar-refractivity contribution is 6.33. The molecule has 0 amide bonds. The molecule has 24 heavy (non-hydrogen) atoms. The number of benzene rings is 1. The molecule has 1 aromatic rings. The number of hydrogen-bond acceptors (Lipinski definition) is 4. The second-order valence-electron chi connectivity index (χ2n) is 7.26. The smallest absolute Gasteiger partial charge is 0.303 e. The lowest BCUT2D eigenvalue weighted by Gasteiger charge is -2.46. The lowest BCUT2D eigenvalue weighted by atomic mass is 9.65. The molecule has 2 aliphatic rings. The zero-order chi connectivity index (χ0) is 17.2. The summed E-state index contributed by atoms with van der Waals surface area (Å²) in [5.41, 5.74) is 1.66. The first-order valence-corrected chi connectivity index (χ1v) is 8.99. The Hall–Kier alpha value is -1.62. The summed E-state index contributed by atoms with van der Waals surface area (Å²) in [5, 5.41) is 12.6. The Morgan fingerprint density at radius 3 is 2.50 bits per heavy atom. The molecule has 6 heteroatoms. The first-order chi connectivity index (χ1) is 11.5. The molecular formula is C18H23ClN2O3. The predicted molar refractivity (Wildman–Crippen MR) is 95.0 cm³/mol. The number of anilines is 1. The summed E-state index contributed by atoms with van der Waals surface area (Å²) in [6.45, 7) is 1.84. The van der Waals surface area contributed by atoms with E-state index in [0.29, 0.717) is 28.5 Å². The third kappa shape index (κ3) is 3.72. The number of carboxylic acid groups (broad SMARTS) is 1. The van der Waals surface area contributed by atoms with Crippen LogP contribution in [-0.4, -0.2) is 24.2 Å². The van der Waals surface area contributed by atoms with Crippen LogP contribution in [0.15, 0.2) is 23.4 Å². The van der Waals surface area contributed by atoms with E-state index in [1.165, 1.54) is 0 Å². The van der Waals surface area contributed by atoms with Crippen LogP contribution < -0.4 is 4.90 Å². The van der Waals surface area contributed by atoms with E-state index in [1.54, 1.807) is 18.2 Å². The molecule has 0 unspecified atom stereocenters. The molecule has 2 fully saturated rings. The van der Waals surface area contributed by atoms with Crippen LogP contribution in [0, 0.1) is 16.2 Å². The summed E-state index contributed by atoms with van der Waals surface area (Å²) in [6, 6.07) is 5.13. The second-order valence-corrected chi connectivity index (χ2v) is 7.66. The molecule has 130 valence electrons. The zero-order valence-electron chi connectivity index (χ0n) is 13.7. The summed E-state index contributed by atoms with van der Waals surface area (Å²) in [6.07, 6.45) is 6.81. The van der Waals surface area contributed by atoms with Crippen molar-refractivity contribution < 1.29 is 9.90 Å². The van der Waals surface area contributed by atoms with Gasteiger partial charge in [-0.25, -0.2) is 0 Å². The highest BCUT2D eigenvalue weighted by Gasteiger charge is 2.38. The topological polar surface area (TPSA) is 70.0 Å². The van der Waals surface area contributed by atoms with Gasteiger partial charge in [-0.3, -0.25) is 4.79 Å². The monoisotopic (exact) mass is 350 g/mol. The van der Waals surface area contributed by atoms with Crippen molar-refractivity contribution in [3.63, 3.8) is 0 Å². The van der Waals surface area contributed by atoms with E-state index in [-0.39, 0.29) is 0 Å². The summed E-state index contributed by atoms with van der Waals surface area (Å²) in [4.78, 5) is 23.9. The number of rotatable bonds is 4. The van der Waals surface area contributed by atoms with Crippen LogP contribution in [0.2, 0.25) is 5.02 Å². The van der Waals surface area contributed by atoms with E-state index in [2.05, 4.69) is 10.1 Å². The Balaban J connectivity index is 1.60. The number of halogens is 1. The number of carbonyl (C=O) groups is 1. The van der Waals surface area contributed by atoms with Crippen LogP contribution in [0.1, 0.15) is 44.9 Å². The van der Waals surface area contributed by atoms with Gasteiger partial charge in [-0.05, 0) is 73.2 Å². The van der Waals surface area contributed by atoms with E-state index >= 15 is 0 Å². The van der Waals surface area contributed by atoms with E-state index in [4.69, 9.17) is 16.7 Å². The van der Waals surface area contributed by atoms with Gasteiger partial charge in [0.1, 0.15) is 5.69 Å². The molecule has 1 N–H and O–H groups in total. The number of nitrogens with zero attached hydrogens (tertiary/aromatic N) is 2. The van der Waals surface area contributed by atoms with Crippen molar-refractivity contribution >= 4 is 28.9 Å². The maximum atomic E-state index is 10.9. The quantitative estimate of drug-likeness (QED) is 0.776. The van der Waals surface area contributed by atoms with E-state index in [9.17, 15) is 9.70 Å². The fourth-order valence-electron chi connectivity index (χ4n) is 4.26. The predicted octanol–water partition coefficient (Wildman–Crippen LogP) is 4.99. The van der Waals surface area contributed by atoms with Gasteiger partial charge in [-0.1, -0.05) is 11.6 Å². The van der Waals surface area contributed by atoms with Gasteiger partial charge in [0.15, 0.2) is 0 Å². The van der Waals surface area contributed by atoms with Crippen LogP contribution in [-0.2, 0) is 4.79 Å². The van der Waals surface area contributed by atoms with Gasteiger partial charge in [0.05, 0.1) is 10.7 Å². The van der Waals surface area contributed by atoms with Gasteiger partial charge >= 0.3 is 5.97 Å². The molecule has 1 aromatic carbocycles. The number of piperidine rings is 1. The summed E-state index contributed by atoms with van der Waals surface area (Å²) < 4.78 is 0. The van der Waals surface area contributed by atoms with Gasteiger partial charge in [0, 0.05) is 19.5 Å². The van der Waals surface area contributed by atoms with E-state index in [1.807, 2.05) is 0 Å². The standard InChI is InChI=1S/C18H23ClN2O3/c19-15-2-1-14(20-24)12-16(15)21-9-7-18(8-10-21)5-3-13(4-6-18)11-17(22)23/h1-2,12-13H,3-11H2,(H,22,23). The van der Waals surface area contributed by atoms with Gasteiger partial charge in [0.2, 0.25) is 0 Å². The van der Waals surface area contributed by atoms with Crippen molar-refractivity contribution in [2.24, 2.45) is 16.5 Å². The third-order valence-corrected chi connectivity index (χ3v) is 6.15. The maximum absolute atomic E-state index is 10.9. The molecule has 1 saturated carbocycles. The molecular weight excluding hydrogens is 328 g/mol. The highest BCUT2D eigenvalue weighted by atomic mass is 35.5. The lowest BCUT2D eigenvalue weighted by molar-refractivity contribution is -0.138. The van der Waals surface area contributed by atoms with E-state index < -0.39 is 5.97 Å². The van der Waals surface area contributed by atoms with Crippen LogP contribution in [0.25, 0.3) is 0 Å². The first-order valence-electron chi connectivity index (χ1n) is 8.61. The Labute approximate surface area is 147 Å². The van der Waals surface area contributed by atoms with E-state index in [0.717, 1.165) is 57.3 Å². The fourth-order valence-corrected chi connectivity index (χ4v) is 4.50. The van der Waals surface area contributed by atoms with Crippen LogP contribution in [0.5, 0.6) is 0 Å². The molecule has 0 aromatic heterocycles. The van der Waals surface area contributed by atoms with Crippen molar-refractivity contribution in [2.75, 3.05) is 18.0 Å². The van der Waals surface area contributed by atoms with Crippen LogP contribution in [0.4, 0.5) is 11.4 Å². The molecule has 1 saturated heterocycles. The minimum atomic E-state index is -0.677. The van der Waals surface area contributed by atoms with Gasteiger partial charge in [-0.2, -0.15) is 0 Å². The number of hydrogen-bond donors (Lipinski definition) is 1. The van der Waals surface area contributed by atoms with Crippen molar-refractivity contribution in [3.8, 4) is 0 Å². The average Bonchev–Trinajstić information content (AvgIpc) is 2.58. The average molecular weight is 351 g/mol. The Bertz CT molecular complexity index is 617. The molecule has 0 atom stereocenters. The molecule has 5 nitrogen and oxygen atoms in total. The number of carboxylic acids is 1. The Morgan fingerprint density at radius 1 is 1.25 bits per heavy atom. The van der Waals surface area contributed by atoms with Gasteiger partial charge in [-0.15, -0.1) is 4.91 Å². The van der Waals surface area contributed by atoms with Crippen LogP contribution >= 0.6 is 11.6 Å². The van der Waals surface area contributed by atoms with Crippen molar-refractivity contribution in [3.05, 3.63) is 28.1 Å². The van der Waals surface area contributed by atoms with Gasteiger partial charge < -0.3 is 10.0 Å². The molecule has 1 aliphatic carbocycles. The SMILES string of the molecule is O=Nc1ccc(Cl)c(N2CCC3(CCC(CC(=O)O)CC3)CC2)c1. The normalized spacial score (nSPS) is 21.0. The molecule has 0 bridgehead atoms. The third-order valence-electron chi connectivity index (χ3n) is 5.83. The zero-order valence-corrected chi connectivity index (χ0v) is 14.5. The Morgan fingerprint density at radius 2 is 1.92 bits per heavy atom. The van der Waals surface area contributed by atoms with Crippen LogP contribution in [0.3, 0.4) is 0 Å². The molecule has 1 heterocycles. The minimum absolute atomic E-state index is 0.309.